The van der Waals surface area contributed by atoms with E-state index in [2.05, 4.69) is 180 Å². The van der Waals surface area contributed by atoms with Crippen LogP contribution in [-0.4, -0.2) is 4.57 Å². The van der Waals surface area contributed by atoms with Gasteiger partial charge in [0.25, 0.3) is 0 Å². The molecule has 0 amide bonds. The monoisotopic (exact) mass is 625 g/mol. The highest BCUT2D eigenvalue weighted by atomic mass is 15.0. The Morgan fingerprint density at radius 1 is 0.306 bits per heavy atom. The van der Waals surface area contributed by atoms with Crippen molar-refractivity contribution < 1.29 is 0 Å². The lowest BCUT2D eigenvalue weighted by molar-refractivity contribution is 1.18. The van der Waals surface area contributed by atoms with E-state index in [0.717, 1.165) is 5.69 Å². The number of benzene rings is 9. The van der Waals surface area contributed by atoms with Crippen LogP contribution in [0.5, 0.6) is 0 Å². The van der Waals surface area contributed by atoms with E-state index in [0.29, 0.717) is 0 Å². The summed E-state index contributed by atoms with van der Waals surface area (Å²) in [5, 5.41) is 10.5. The van der Waals surface area contributed by atoms with Crippen molar-refractivity contribution in [3.05, 3.63) is 176 Å². The number of hydrogen-bond donors (Lipinski definition) is 0. The van der Waals surface area contributed by atoms with E-state index in [1.165, 1.54) is 87.5 Å². The SMILES string of the molecule is CC.c1ccc(-c2cc(-c3ccccc3)cc(-c3cccc(-n4c5ccccc5c5c6ccc7cccc8ccc(cc54)c6c87)c3)c2)cc1. The van der Waals surface area contributed by atoms with Gasteiger partial charge in [-0.1, -0.05) is 147 Å². The van der Waals surface area contributed by atoms with Crippen molar-refractivity contribution in [1.82, 2.24) is 4.57 Å². The van der Waals surface area contributed by atoms with Gasteiger partial charge in [0.05, 0.1) is 11.0 Å². The normalized spacial score (nSPS) is 11.5. The second-order valence-electron chi connectivity index (χ2n) is 12.6. The minimum atomic E-state index is 1.16. The number of aromatic nitrogens is 1. The second kappa shape index (κ2) is 11.8. The largest absolute Gasteiger partial charge is 0.309 e. The first-order valence-electron chi connectivity index (χ1n) is 17.3. The predicted octanol–water partition coefficient (Wildman–Crippen LogP) is 13.7. The summed E-state index contributed by atoms with van der Waals surface area (Å²) in [6, 6.07) is 64.5. The molecule has 0 radical (unpaired) electrons. The molecule has 10 aromatic rings. The average molecular weight is 626 g/mol. The Morgan fingerprint density at radius 3 is 1.55 bits per heavy atom. The molecule has 0 aliphatic carbocycles. The Labute approximate surface area is 286 Å². The van der Waals surface area contributed by atoms with Gasteiger partial charge in [-0.25, -0.2) is 0 Å². The van der Waals surface area contributed by atoms with Gasteiger partial charge in [-0.2, -0.15) is 0 Å². The highest BCUT2D eigenvalue weighted by Gasteiger charge is 2.19. The van der Waals surface area contributed by atoms with Gasteiger partial charge < -0.3 is 4.57 Å². The molecule has 9 aromatic carbocycles. The van der Waals surface area contributed by atoms with Crippen molar-refractivity contribution >= 4 is 54.1 Å². The zero-order valence-electron chi connectivity index (χ0n) is 27.7. The third-order valence-electron chi connectivity index (χ3n) is 9.87. The highest BCUT2D eigenvalue weighted by Crippen LogP contribution is 2.43. The van der Waals surface area contributed by atoms with Crippen LogP contribution in [0.25, 0.3) is 93.2 Å². The van der Waals surface area contributed by atoms with Crippen LogP contribution in [0.4, 0.5) is 0 Å². The quantitative estimate of drug-likeness (QED) is 0.172. The van der Waals surface area contributed by atoms with E-state index in [1.54, 1.807) is 0 Å². The molecule has 1 heteroatoms. The molecule has 1 heterocycles. The summed E-state index contributed by atoms with van der Waals surface area (Å²) in [5.41, 5.74) is 10.9. The Bertz CT molecular complexity index is 2700. The van der Waals surface area contributed by atoms with E-state index in [1.807, 2.05) is 13.8 Å². The fourth-order valence-electron chi connectivity index (χ4n) is 7.76. The Balaban J connectivity index is 0.00000160. The van der Waals surface area contributed by atoms with E-state index in [9.17, 15) is 0 Å². The minimum Gasteiger partial charge on any atom is -0.309 e. The van der Waals surface area contributed by atoms with Crippen molar-refractivity contribution in [3.8, 4) is 39.1 Å². The molecule has 0 bridgehead atoms. The lowest BCUT2D eigenvalue weighted by atomic mass is 9.92. The maximum Gasteiger partial charge on any atom is 0.0553 e. The molecule has 49 heavy (non-hydrogen) atoms. The van der Waals surface area contributed by atoms with Crippen LogP contribution in [0.15, 0.2) is 176 Å². The van der Waals surface area contributed by atoms with Crippen molar-refractivity contribution in [3.63, 3.8) is 0 Å². The van der Waals surface area contributed by atoms with E-state index in [-0.39, 0.29) is 0 Å². The van der Waals surface area contributed by atoms with Crippen LogP contribution in [0, 0.1) is 0 Å². The highest BCUT2D eigenvalue weighted by molar-refractivity contribution is 6.33. The number of nitrogens with zero attached hydrogens (tertiary/aromatic N) is 1. The van der Waals surface area contributed by atoms with Crippen LogP contribution in [0.2, 0.25) is 0 Å². The molecule has 0 fully saturated rings. The molecule has 1 nitrogen and oxygen atoms in total. The molecule has 0 saturated heterocycles. The topological polar surface area (TPSA) is 4.93 Å². The summed E-state index contributed by atoms with van der Waals surface area (Å²) in [6.45, 7) is 4.00. The van der Waals surface area contributed by atoms with Gasteiger partial charge in [-0.3, -0.25) is 0 Å². The summed E-state index contributed by atoms with van der Waals surface area (Å²) in [4.78, 5) is 0. The van der Waals surface area contributed by atoms with Crippen molar-refractivity contribution in [1.29, 1.82) is 0 Å². The van der Waals surface area contributed by atoms with Gasteiger partial charge in [-0.15, -0.1) is 0 Å². The fourth-order valence-corrected chi connectivity index (χ4v) is 7.76. The smallest absolute Gasteiger partial charge is 0.0553 e. The number of fused-ring (bicyclic) bond motifs is 4. The zero-order chi connectivity index (χ0) is 32.9. The van der Waals surface area contributed by atoms with Gasteiger partial charge in [0, 0.05) is 16.5 Å². The second-order valence-corrected chi connectivity index (χ2v) is 12.6. The average Bonchev–Trinajstić information content (AvgIpc) is 3.52. The zero-order valence-corrected chi connectivity index (χ0v) is 27.7. The van der Waals surface area contributed by atoms with E-state index in [4.69, 9.17) is 0 Å². The first kappa shape index (κ1) is 29.0. The van der Waals surface area contributed by atoms with Crippen molar-refractivity contribution in [2.45, 2.75) is 13.8 Å². The summed E-state index contributed by atoms with van der Waals surface area (Å²) >= 11 is 0. The van der Waals surface area contributed by atoms with E-state index < -0.39 is 0 Å². The Hall–Kier alpha value is -6.18. The number of para-hydroxylation sites is 1. The van der Waals surface area contributed by atoms with E-state index >= 15 is 0 Å². The van der Waals surface area contributed by atoms with Crippen LogP contribution < -0.4 is 0 Å². The predicted molar refractivity (Wildman–Crippen MR) is 212 cm³/mol. The maximum absolute atomic E-state index is 2.46. The molecule has 10 rings (SSSR count). The summed E-state index contributed by atoms with van der Waals surface area (Å²) < 4.78 is 2.46. The van der Waals surface area contributed by atoms with Crippen LogP contribution in [0.3, 0.4) is 0 Å². The van der Waals surface area contributed by atoms with Crippen LogP contribution in [-0.2, 0) is 0 Å². The molecular weight excluding hydrogens is 591 g/mol. The van der Waals surface area contributed by atoms with Crippen LogP contribution in [0.1, 0.15) is 13.8 Å². The Morgan fingerprint density at radius 2 is 0.857 bits per heavy atom. The van der Waals surface area contributed by atoms with Gasteiger partial charge in [0.2, 0.25) is 0 Å². The first-order chi connectivity index (χ1) is 24.3. The standard InChI is InChI=1S/C46H29N.C2H6/c1-3-11-30(12-4-1)36-25-37(31-13-5-2-6-14-31)27-38(26-36)34-17-10-18-39(28-34)47-42-20-8-7-19-40(42)46-41-24-23-33-16-9-15-32-21-22-35(29-43(46)47)45(41)44(32)33;1-2/h1-29H;1-2H3. The number of hydrogen-bond acceptors (Lipinski definition) is 0. The number of rotatable bonds is 4. The molecule has 1 aromatic heterocycles. The summed E-state index contributed by atoms with van der Waals surface area (Å²) in [5.74, 6) is 0. The third kappa shape index (κ3) is 4.70. The Kier molecular flexibility index (Phi) is 6.99. The summed E-state index contributed by atoms with van der Waals surface area (Å²) in [6.07, 6.45) is 0. The minimum absolute atomic E-state index is 1.16. The van der Waals surface area contributed by atoms with Gasteiger partial charge in [0.1, 0.15) is 0 Å². The molecule has 0 aliphatic heterocycles. The van der Waals surface area contributed by atoms with Crippen molar-refractivity contribution in [2.24, 2.45) is 0 Å². The third-order valence-corrected chi connectivity index (χ3v) is 9.87. The van der Waals surface area contributed by atoms with Crippen molar-refractivity contribution in [2.75, 3.05) is 0 Å². The molecule has 0 N–H and O–H groups in total. The molecule has 0 aliphatic rings. The van der Waals surface area contributed by atoms with Gasteiger partial charge in [-0.05, 0) is 108 Å². The molecule has 0 saturated carbocycles. The molecule has 0 atom stereocenters. The first-order valence-corrected chi connectivity index (χ1v) is 17.3. The summed E-state index contributed by atoms with van der Waals surface area (Å²) in [7, 11) is 0. The molecular formula is C48H35N. The van der Waals surface area contributed by atoms with Gasteiger partial charge >= 0.3 is 0 Å². The maximum atomic E-state index is 2.46. The lowest BCUT2D eigenvalue weighted by Gasteiger charge is -2.15. The molecule has 232 valence electrons. The fraction of sp³-hybridized carbons (Fsp3) is 0.0417. The van der Waals surface area contributed by atoms with Crippen LogP contribution >= 0.6 is 0 Å². The van der Waals surface area contributed by atoms with Gasteiger partial charge in [0.15, 0.2) is 0 Å². The molecule has 0 spiro atoms. The lowest BCUT2D eigenvalue weighted by Crippen LogP contribution is -1.95. The molecule has 0 unspecified atom stereocenters.